The standard InChI is InChI=1S/C29H30N4O6/c1-37-21-6-4-20(5-7-21)33-13-11-32(12-14-33)18-22-16-26(34)28(36)29(39-22)23(17-27(35)38-2)19-3-8-24-25(15-19)31-10-9-30-24/h3-10,15-16,23,36H,11-14,17-18H2,1-2H3/t23-/m0/s1. The Morgan fingerprint density at radius 1 is 1.00 bits per heavy atom. The SMILES string of the molecule is COC(=O)C[C@@H](c1ccc2nccnc2c1)c1oc(CN2CCN(c3ccc(OC)cc3)CC2)cc(=O)c1O. The Hall–Kier alpha value is -4.44. The summed E-state index contributed by atoms with van der Waals surface area (Å²) in [5, 5.41) is 10.7. The number of methoxy groups -OCH3 is 2. The number of carbonyl (C=O) groups excluding carboxylic acids is 1. The van der Waals surface area contributed by atoms with Crippen LogP contribution in [0.5, 0.6) is 11.5 Å². The fourth-order valence-corrected chi connectivity index (χ4v) is 4.86. The van der Waals surface area contributed by atoms with Crippen molar-refractivity contribution in [2.45, 2.75) is 18.9 Å². The molecule has 1 aliphatic heterocycles. The van der Waals surface area contributed by atoms with Crippen LogP contribution in [-0.4, -0.2) is 66.3 Å². The predicted octanol–water partition coefficient (Wildman–Crippen LogP) is 3.31. The fraction of sp³-hybridized carbons (Fsp3) is 0.310. The van der Waals surface area contributed by atoms with Gasteiger partial charge in [0.1, 0.15) is 11.5 Å². The zero-order valence-electron chi connectivity index (χ0n) is 21.9. The molecule has 1 aliphatic rings. The zero-order valence-corrected chi connectivity index (χ0v) is 21.9. The molecule has 2 aromatic carbocycles. The molecule has 2 aromatic heterocycles. The minimum absolute atomic E-state index is 0.0306. The van der Waals surface area contributed by atoms with Crippen molar-refractivity contribution in [3.63, 3.8) is 0 Å². The highest BCUT2D eigenvalue weighted by Gasteiger charge is 2.28. The lowest BCUT2D eigenvalue weighted by Gasteiger charge is -2.36. The maximum absolute atomic E-state index is 12.8. The molecule has 0 bridgehead atoms. The van der Waals surface area contributed by atoms with Gasteiger partial charge in [-0.15, -0.1) is 0 Å². The van der Waals surface area contributed by atoms with E-state index in [0.29, 0.717) is 28.9 Å². The van der Waals surface area contributed by atoms with Crippen molar-refractivity contribution in [1.29, 1.82) is 0 Å². The number of piperazine rings is 1. The van der Waals surface area contributed by atoms with E-state index in [9.17, 15) is 14.7 Å². The first kappa shape index (κ1) is 26.2. The molecular formula is C29H30N4O6. The molecule has 5 rings (SSSR count). The van der Waals surface area contributed by atoms with Crippen LogP contribution >= 0.6 is 0 Å². The van der Waals surface area contributed by atoms with Crippen molar-refractivity contribution in [3.05, 3.63) is 88.2 Å². The van der Waals surface area contributed by atoms with Gasteiger partial charge in [0, 0.05) is 50.3 Å². The Labute approximate surface area is 225 Å². The number of aromatic hydroxyl groups is 1. The number of anilines is 1. The Bertz CT molecular complexity index is 1510. The van der Waals surface area contributed by atoms with Gasteiger partial charge in [0.25, 0.3) is 0 Å². The monoisotopic (exact) mass is 530 g/mol. The van der Waals surface area contributed by atoms with Crippen molar-refractivity contribution >= 4 is 22.7 Å². The Balaban J connectivity index is 1.38. The van der Waals surface area contributed by atoms with Crippen LogP contribution in [0.1, 0.15) is 29.4 Å². The van der Waals surface area contributed by atoms with Crippen molar-refractivity contribution in [1.82, 2.24) is 14.9 Å². The maximum atomic E-state index is 12.8. The summed E-state index contributed by atoms with van der Waals surface area (Å²) in [7, 11) is 2.94. The van der Waals surface area contributed by atoms with Crippen LogP contribution in [-0.2, 0) is 16.1 Å². The molecule has 0 aliphatic carbocycles. The van der Waals surface area contributed by atoms with Crippen LogP contribution in [0.2, 0.25) is 0 Å². The number of fused-ring (bicyclic) bond motifs is 1. The molecule has 1 N–H and O–H groups in total. The molecule has 39 heavy (non-hydrogen) atoms. The number of esters is 1. The zero-order chi connectivity index (χ0) is 27.4. The molecule has 0 amide bonds. The average Bonchev–Trinajstić information content (AvgIpc) is 2.98. The predicted molar refractivity (Wildman–Crippen MR) is 145 cm³/mol. The van der Waals surface area contributed by atoms with Gasteiger partial charge in [-0.3, -0.25) is 24.5 Å². The summed E-state index contributed by atoms with van der Waals surface area (Å²) in [6, 6.07) is 14.6. The Morgan fingerprint density at radius 2 is 1.72 bits per heavy atom. The third-order valence-electron chi connectivity index (χ3n) is 7.00. The van der Waals surface area contributed by atoms with Gasteiger partial charge in [0.15, 0.2) is 5.76 Å². The molecule has 202 valence electrons. The van der Waals surface area contributed by atoms with Crippen LogP contribution in [0.3, 0.4) is 0 Å². The van der Waals surface area contributed by atoms with Gasteiger partial charge in [-0.2, -0.15) is 0 Å². The summed E-state index contributed by atoms with van der Waals surface area (Å²) in [6.45, 7) is 3.55. The normalized spacial score (nSPS) is 14.8. The van der Waals surface area contributed by atoms with Crippen LogP contribution < -0.4 is 15.1 Å². The minimum Gasteiger partial charge on any atom is -0.502 e. The lowest BCUT2D eigenvalue weighted by molar-refractivity contribution is -0.140. The van der Waals surface area contributed by atoms with E-state index < -0.39 is 23.1 Å². The quantitative estimate of drug-likeness (QED) is 0.340. The minimum atomic E-state index is -0.747. The topological polar surface area (TPSA) is 118 Å². The second-order valence-corrected chi connectivity index (χ2v) is 9.39. The van der Waals surface area contributed by atoms with Crippen LogP contribution in [0, 0.1) is 0 Å². The highest BCUT2D eigenvalue weighted by Crippen LogP contribution is 2.34. The van der Waals surface area contributed by atoms with Crippen molar-refractivity contribution in [2.24, 2.45) is 0 Å². The average molecular weight is 531 g/mol. The lowest BCUT2D eigenvalue weighted by atomic mass is 9.91. The van der Waals surface area contributed by atoms with E-state index in [0.717, 1.165) is 37.6 Å². The summed E-state index contributed by atoms with van der Waals surface area (Å²) in [5.74, 6) is -0.497. The first-order valence-corrected chi connectivity index (χ1v) is 12.7. The second-order valence-electron chi connectivity index (χ2n) is 9.39. The number of aromatic nitrogens is 2. The van der Waals surface area contributed by atoms with Gasteiger partial charge in [-0.05, 0) is 42.0 Å². The highest BCUT2D eigenvalue weighted by atomic mass is 16.5. The molecule has 1 atom stereocenters. The Morgan fingerprint density at radius 3 is 2.41 bits per heavy atom. The summed E-state index contributed by atoms with van der Waals surface area (Å²) in [6.07, 6.45) is 3.05. The smallest absolute Gasteiger partial charge is 0.306 e. The third kappa shape index (κ3) is 5.85. The van der Waals surface area contributed by atoms with Gasteiger partial charge in [0.2, 0.25) is 11.2 Å². The summed E-state index contributed by atoms with van der Waals surface area (Å²) < 4.78 is 16.3. The molecule has 0 unspecified atom stereocenters. The summed E-state index contributed by atoms with van der Waals surface area (Å²) >= 11 is 0. The number of hydrogen-bond donors (Lipinski definition) is 1. The molecule has 0 spiro atoms. The van der Waals surface area contributed by atoms with Gasteiger partial charge in [-0.25, -0.2) is 0 Å². The molecule has 10 heteroatoms. The number of benzene rings is 2. The van der Waals surface area contributed by atoms with Crippen LogP contribution in [0.15, 0.2) is 70.1 Å². The van der Waals surface area contributed by atoms with E-state index in [1.54, 1.807) is 37.7 Å². The van der Waals surface area contributed by atoms with E-state index in [4.69, 9.17) is 13.9 Å². The van der Waals surface area contributed by atoms with Crippen LogP contribution in [0.4, 0.5) is 5.69 Å². The number of hydrogen-bond acceptors (Lipinski definition) is 10. The molecule has 4 aromatic rings. The van der Waals surface area contributed by atoms with Crippen molar-refractivity contribution in [2.75, 3.05) is 45.3 Å². The highest BCUT2D eigenvalue weighted by molar-refractivity contribution is 5.76. The lowest BCUT2D eigenvalue weighted by Crippen LogP contribution is -2.46. The molecule has 0 saturated carbocycles. The molecule has 1 fully saturated rings. The van der Waals surface area contributed by atoms with E-state index in [1.807, 2.05) is 24.3 Å². The second kappa shape index (κ2) is 11.5. The van der Waals surface area contributed by atoms with E-state index in [1.165, 1.54) is 13.2 Å². The third-order valence-corrected chi connectivity index (χ3v) is 7.00. The number of nitrogens with zero attached hydrogens (tertiary/aromatic N) is 4. The van der Waals surface area contributed by atoms with Crippen LogP contribution in [0.25, 0.3) is 11.0 Å². The summed E-state index contributed by atoms with van der Waals surface area (Å²) in [4.78, 5) is 38.3. The maximum Gasteiger partial charge on any atom is 0.306 e. The molecule has 0 radical (unpaired) electrons. The molecule has 3 heterocycles. The van der Waals surface area contributed by atoms with E-state index in [2.05, 4.69) is 19.8 Å². The van der Waals surface area contributed by atoms with Crippen molar-refractivity contribution < 1.29 is 23.8 Å². The number of carbonyl (C=O) groups is 1. The van der Waals surface area contributed by atoms with E-state index >= 15 is 0 Å². The van der Waals surface area contributed by atoms with Gasteiger partial charge >= 0.3 is 5.97 Å². The number of ether oxygens (including phenoxy) is 2. The first-order valence-electron chi connectivity index (χ1n) is 12.7. The Kier molecular flexibility index (Phi) is 7.74. The molecule has 1 saturated heterocycles. The number of rotatable bonds is 8. The van der Waals surface area contributed by atoms with Crippen molar-refractivity contribution in [3.8, 4) is 11.5 Å². The fourth-order valence-electron chi connectivity index (χ4n) is 4.86. The summed E-state index contributed by atoms with van der Waals surface area (Å²) in [5.41, 5.74) is 2.53. The van der Waals surface area contributed by atoms with E-state index in [-0.39, 0.29) is 12.2 Å². The van der Waals surface area contributed by atoms with Gasteiger partial charge in [-0.1, -0.05) is 6.07 Å². The molecular weight excluding hydrogens is 500 g/mol. The van der Waals surface area contributed by atoms with Gasteiger partial charge in [0.05, 0.1) is 44.1 Å². The largest absolute Gasteiger partial charge is 0.502 e. The first-order chi connectivity index (χ1) is 18.9. The molecule has 10 nitrogen and oxygen atoms in total. The van der Waals surface area contributed by atoms with Gasteiger partial charge < -0.3 is 23.9 Å².